The zero-order valence-corrected chi connectivity index (χ0v) is 10.3. The van der Waals surface area contributed by atoms with Gasteiger partial charge < -0.3 is 9.47 Å². The van der Waals surface area contributed by atoms with E-state index in [-0.39, 0.29) is 29.2 Å². The molecule has 0 aromatic carbocycles. The highest BCUT2D eigenvalue weighted by molar-refractivity contribution is 5.83. The van der Waals surface area contributed by atoms with Crippen LogP contribution in [-0.4, -0.2) is 25.2 Å². The van der Waals surface area contributed by atoms with Crippen LogP contribution < -0.4 is 0 Å². The molecule has 0 amide bonds. The van der Waals surface area contributed by atoms with Crippen LogP contribution in [0.5, 0.6) is 0 Å². The molecule has 0 radical (unpaired) electrons. The molecule has 0 spiro atoms. The van der Waals surface area contributed by atoms with Gasteiger partial charge in [0.15, 0.2) is 0 Å². The average Bonchev–Trinajstić information content (AvgIpc) is 2.36. The summed E-state index contributed by atoms with van der Waals surface area (Å²) in [5, 5.41) is 0. The lowest BCUT2D eigenvalue weighted by molar-refractivity contribution is -0.157. The molecule has 1 heterocycles. The fourth-order valence-electron chi connectivity index (χ4n) is 2.12. The van der Waals surface area contributed by atoms with E-state index in [2.05, 4.69) is 0 Å². The van der Waals surface area contributed by atoms with E-state index in [1.807, 2.05) is 26.0 Å². The van der Waals surface area contributed by atoms with Crippen molar-refractivity contribution in [2.45, 2.75) is 26.7 Å². The summed E-state index contributed by atoms with van der Waals surface area (Å²) in [6, 6.07) is 0. The van der Waals surface area contributed by atoms with Gasteiger partial charge in [-0.25, -0.2) is 0 Å². The number of hydrogen-bond acceptors (Lipinski definition) is 4. The van der Waals surface area contributed by atoms with E-state index < -0.39 is 0 Å². The third-order valence-electron chi connectivity index (χ3n) is 3.25. The van der Waals surface area contributed by atoms with Gasteiger partial charge in [0.1, 0.15) is 0 Å². The molecule has 0 saturated carbocycles. The molecule has 94 valence electrons. The second kappa shape index (κ2) is 4.51. The minimum Gasteiger partial charge on any atom is -0.465 e. The summed E-state index contributed by atoms with van der Waals surface area (Å²) >= 11 is 0. The smallest absolute Gasteiger partial charge is 0.310 e. The van der Waals surface area contributed by atoms with Crippen LogP contribution in [0.3, 0.4) is 0 Å². The first-order valence-corrected chi connectivity index (χ1v) is 5.98. The summed E-state index contributed by atoms with van der Waals surface area (Å²) in [6.07, 6.45) is 5.00. The molecule has 2 aliphatic rings. The first-order chi connectivity index (χ1) is 7.99. The molecule has 2 atom stereocenters. The number of allylic oxidation sites excluding steroid dienone is 2. The number of fused-ring (bicyclic) bond motifs is 1. The highest BCUT2D eigenvalue weighted by atomic mass is 16.6. The van der Waals surface area contributed by atoms with E-state index in [0.717, 1.165) is 0 Å². The summed E-state index contributed by atoms with van der Waals surface area (Å²) in [5.74, 6) is -1.29. The molecule has 4 nitrogen and oxygen atoms in total. The second-order valence-corrected chi connectivity index (χ2v) is 5.54. The van der Waals surface area contributed by atoms with E-state index in [0.29, 0.717) is 26.1 Å². The van der Waals surface area contributed by atoms with Crippen LogP contribution in [-0.2, 0) is 19.1 Å². The summed E-state index contributed by atoms with van der Waals surface area (Å²) in [5.41, 5.74) is -0.313. The van der Waals surface area contributed by atoms with E-state index in [9.17, 15) is 9.59 Å². The lowest BCUT2D eigenvalue weighted by Gasteiger charge is -2.23. The molecule has 0 aromatic rings. The van der Waals surface area contributed by atoms with Gasteiger partial charge in [0.2, 0.25) is 0 Å². The monoisotopic (exact) mass is 238 g/mol. The number of cyclic esters (lactones) is 2. The van der Waals surface area contributed by atoms with Crippen molar-refractivity contribution in [3.8, 4) is 0 Å². The van der Waals surface area contributed by atoms with Crippen molar-refractivity contribution in [1.82, 2.24) is 0 Å². The summed E-state index contributed by atoms with van der Waals surface area (Å²) < 4.78 is 10.6. The van der Waals surface area contributed by atoms with Gasteiger partial charge in [-0.2, -0.15) is 0 Å². The summed E-state index contributed by atoms with van der Waals surface area (Å²) in [7, 11) is 0. The van der Waals surface area contributed by atoms with E-state index in [1.165, 1.54) is 0 Å². The third kappa shape index (κ3) is 2.68. The average molecular weight is 238 g/mol. The molecule has 2 rings (SSSR count). The van der Waals surface area contributed by atoms with Crippen LogP contribution in [0, 0.1) is 17.3 Å². The molecule has 0 bridgehead atoms. The van der Waals surface area contributed by atoms with Gasteiger partial charge in [0, 0.05) is 5.41 Å². The first-order valence-electron chi connectivity index (χ1n) is 5.98. The third-order valence-corrected chi connectivity index (χ3v) is 3.25. The number of rotatable bonds is 0. The summed E-state index contributed by atoms with van der Waals surface area (Å²) in [6.45, 7) is 4.43. The van der Waals surface area contributed by atoms with Gasteiger partial charge in [0.05, 0.1) is 25.0 Å². The van der Waals surface area contributed by atoms with Crippen molar-refractivity contribution in [3.63, 3.8) is 0 Å². The van der Waals surface area contributed by atoms with Gasteiger partial charge >= 0.3 is 11.9 Å². The number of ether oxygens (including phenoxy) is 2. The minimum absolute atomic E-state index is 0.272. The Kier molecular flexibility index (Phi) is 3.22. The summed E-state index contributed by atoms with van der Waals surface area (Å²) in [4.78, 5) is 23.8. The predicted octanol–water partition coefficient (Wildman–Crippen LogP) is 1.70. The lowest BCUT2D eigenvalue weighted by Crippen LogP contribution is -2.32. The Morgan fingerprint density at radius 3 is 1.82 bits per heavy atom. The normalized spacial score (nSPS) is 32.6. The van der Waals surface area contributed by atoms with Crippen LogP contribution in [0.1, 0.15) is 26.7 Å². The Bertz CT molecular complexity index is 324. The molecule has 1 aliphatic carbocycles. The first kappa shape index (κ1) is 12.1. The minimum atomic E-state index is -0.374. The van der Waals surface area contributed by atoms with Crippen LogP contribution >= 0.6 is 0 Å². The Balaban J connectivity index is 2.21. The fourth-order valence-corrected chi connectivity index (χ4v) is 2.12. The zero-order valence-electron chi connectivity index (χ0n) is 10.3. The standard InChI is InChI=1S/C13H18O4/c1-13(2)7-16-11(14)9-5-3-4-6-10(9)12(15)17-8-13/h3-4,9-10H,5-8H2,1-2H3/t9-,10+. The maximum atomic E-state index is 11.9. The Hall–Kier alpha value is -1.32. The Labute approximate surface area is 101 Å². The highest BCUT2D eigenvalue weighted by Gasteiger charge is 2.39. The van der Waals surface area contributed by atoms with Crippen LogP contribution in [0.25, 0.3) is 0 Å². The maximum Gasteiger partial charge on any atom is 0.310 e. The van der Waals surface area contributed by atoms with Crippen molar-refractivity contribution >= 4 is 11.9 Å². The van der Waals surface area contributed by atoms with Gasteiger partial charge in [-0.1, -0.05) is 26.0 Å². The van der Waals surface area contributed by atoms with Crippen molar-refractivity contribution in [1.29, 1.82) is 0 Å². The molecular formula is C13H18O4. The largest absolute Gasteiger partial charge is 0.465 e. The SMILES string of the molecule is CC1(C)COC(=O)[C@H]2CC=CC[C@H]2C(=O)OC1. The topological polar surface area (TPSA) is 52.6 Å². The van der Waals surface area contributed by atoms with Crippen molar-refractivity contribution in [3.05, 3.63) is 12.2 Å². The fraction of sp³-hybridized carbons (Fsp3) is 0.692. The molecule has 0 unspecified atom stereocenters. The second-order valence-electron chi connectivity index (χ2n) is 5.54. The van der Waals surface area contributed by atoms with Crippen molar-refractivity contribution in [2.75, 3.05) is 13.2 Å². The number of carbonyl (C=O) groups excluding carboxylic acids is 2. The maximum absolute atomic E-state index is 11.9. The molecule has 1 aliphatic heterocycles. The lowest BCUT2D eigenvalue weighted by atomic mass is 9.83. The highest BCUT2D eigenvalue weighted by Crippen LogP contribution is 2.31. The molecule has 0 N–H and O–H groups in total. The van der Waals surface area contributed by atoms with Gasteiger partial charge in [0.25, 0.3) is 0 Å². The molecular weight excluding hydrogens is 220 g/mol. The van der Waals surface area contributed by atoms with Crippen molar-refractivity contribution < 1.29 is 19.1 Å². The van der Waals surface area contributed by atoms with Crippen LogP contribution in [0.15, 0.2) is 12.2 Å². The number of carbonyl (C=O) groups is 2. The van der Waals surface area contributed by atoms with E-state index >= 15 is 0 Å². The van der Waals surface area contributed by atoms with Crippen LogP contribution in [0.2, 0.25) is 0 Å². The van der Waals surface area contributed by atoms with Gasteiger partial charge in [-0.15, -0.1) is 0 Å². The molecule has 1 saturated heterocycles. The Morgan fingerprint density at radius 1 is 1.00 bits per heavy atom. The number of hydrogen-bond donors (Lipinski definition) is 0. The number of esters is 2. The molecule has 1 fully saturated rings. The molecule has 0 aromatic heterocycles. The van der Waals surface area contributed by atoms with Crippen LogP contribution in [0.4, 0.5) is 0 Å². The zero-order chi connectivity index (χ0) is 12.5. The predicted molar refractivity (Wildman–Crippen MR) is 61.1 cm³/mol. The van der Waals surface area contributed by atoms with Gasteiger partial charge in [-0.3, -0.25) is 9.59 Å². The van der Waals surface area contributed by atoms with E-state index in [4.69, 9.17) is 9.47 Å². The molecule has 4 heteroatoms. The quantitative estimate of drug-likeness (QED) is 0.476. The molecule has 17 heavy (non-hydrogen) atoms. The van der Waals surface area contributed by atoms with Crippen molar-refractivity contribution in [2.24, 2.45) is 17.3 Å². The Morgan fingerprint density at radius 2 is 1.41 bits per heavy atom. The van der Waals surface area contributed by atoms with Gasteiger partial charge in [-0.05, 0) is 12.8 Å². The van der Waals surface area contributed by atoms with E-state index in [1.54, 1.807) is 0 Å².